The molecule has 1 heterocycles. The minimum Gasteiger partial charge on any atom is -0.444 e. The Balaban J connectivity index is 1.94. The van der Waals surface area contributed by atoms with E-state index in [1.165, 1.54) is 11.5 Å². The number of carbonyl (C=O) groups is 1. The molecule has 0 bridgehead atoms. The first-order valence-corrected chi connectivity index (χ1v) is 7.38. The molecule has 0 spiro atoms. The largest absolute Gasteiger partial charge is 0.444 e. The molecule has 0 aliphatic heterocycles. The molecular formula is C14H15ClN2O2S. The number of hydrogen-bond donors (Lipinski definition) is 1. The zero-order valence-electron chi connectivity index (χ0n) is 11.3. The summed E-state index contributed by atoms with van der Waals surface area (Å²) in [5, 5.41) is 3.37. The van der Waals surface area contributed by atoms with Gasteiger partial charge in [-0.05, 0) is 42.6 Å². The number of benzene rings is 1. The minimum atomic E-state index is -0.483. The summed E-state index contributed by atoms with van der Waals surface area (Å²) in [5.41, 5.74) is 2.42. The van der Waals surface area contributed by atoms with Crippen LogP contribution in [0.2, 0.25) is 5.02 Å². The molecule has 0 saturated heterocycles. The van der Waals surface area contributed by atoms with Gasteiger partial charge in [0.15, 0.2) is 0 Å². The van der Waals surface area contributed by atoms with Gasteiger partial charge in [-0.2, -0.15) is 4.37 Å². The second-order valence-electron chi connectivity index (χ2n) is 4.25. The molecule has 0 radical (unpaired) electrons. The Morgan fingerprint density at radius 1 is 1.50 bits per heavy atom. The first kappa shape index (κ1) is 14.8. The number of anilines is 1. The molecule has 6 heteroatoms. The average molecular weight is 311 g/mol. The summed E-state index contributed by atoms with van der Waals surface area (Å²) in [6, 6.07) is 7.22. The van der Waals surface area contributed by atoms with Crippen LogP contribution in [0.1, 0.15) is 23.1 Å². The van der Waals surface area contributed by atoms with E-state index in [1.54, 1.807) is 12.1 Å². The fraction of sp³-hybridized carbons (Fsp3) is 0.286. The lowest BCUT2D eigenvalue weighted by Gasteiger charge is -2.08. The molecule has 2 rings (SSSR count). The molecular weight excluding hydrogens is 296 g/mol. The molecule has 2 aromatic rings. The van der Waals surface area contributed by atoms with Crippen molar-refractivity contribution in [2.45, 2.75) is 26.9 Å². The first-order valence-electron chi connectivity index (χ1n) is 6.23. The summed E-state index contributed by atoms with van der Waals surface area (Å²) >= 11 is 7.27. The molecule has 1 aromatic heterocycles. The van der Waals surface area contributed by atoms with Gasteiger partial charge in [0.25, 0.3) is 0 Å². The smallest absolute Gasteiger partial charge is 0.412 e. The molecule has 0 fully saturated rings. The van der Waals surface area contributed by atoms with Crippen molar-refractivity contribution < 1.29 is 9.53 Å². The maximum absolute atomic E-state index is 11.8. The normalized spacial score (nSPS) is 10.3. The van der Waals surface area contributed by atoms with Gasteiger partial charge in [-0.25, -0.2) is 4.79 Å². The van der Waals surface area contributed by atoms with Crippen molar-refractivity contribution in [2.24, 2.45) is 0 Å². The van der Waals surface area contributed by atoms with Gasteiger partial charge in [0, 0.05) is 9.90 Å². The summed E-state index contributed by atoms with van der Waals surface area (Å²) in [6.07, 6.45) is 0.345. The number of hydrogen-bond acceptors (Lipinski definition) is 4. The van der Waals surface area contributed by atoms with Crippen molar-refractivity contribution in [3.8, 4) is 0 Å². The van der Waals surface area contributed by atoms with Crippen LogP contribution in [-0.2, 0) is 17.8 Å². The zero-order valence-corrected chi connectivity index (χ0v) is 12.8. The van der Waals surface area contributed by atoms with E-state index >= 15 is 0 Å². The lowest BCUT2D eigenvalue weighted by atomic mass is 10.2. The van der Waals surface area contributed by atoms with Crippen molar-refractivity contribution in [3.05, 3.63) is 45.4 Å². The van der Waals surface area contributed by atoms with Gasteiger partial charge in [-0.1, -0.05) is 30.7 Å². The quantitative estimate of drug-likeness (QED) is 0.909. The lowest BCUT2D eigenvalue weighted by Crippen LogP contribution is -2.14. The van der Waals surface area contributed by atoms with E-state index in [1.807, 2.05) is 26.0 Å². The van der Waals surface area contributed by atoms with Crippen LogP contribution in [0.3, 0.4) is 0 Å². The van der Waals surface area contributed by atoms with E-state index in [4.69, 9.17) is 16.3 Å². The van der Waals surface area contributed by atoms with Gasteiger partial charge in [0.05, 0.1) is 11.4 Å². The first-order chi connectivity index (χ1) is 9.60. The highest BCUT2D eigenvalue weighted by molar-refractivity contribution is 7.06. The maximum atomic E-state index is 11.8. The standard InChI is InChI=1S/C14H15ClN2O2S/c1-3-12-13(9(2)17-20-12)16-14(18)19-8-10-5-4-6-11(15)7-10/h4-7H,3,8H2,1-2H3,(H,16,18). The number of halogens is 1. The van der Waals surface area contributed by atoms with E-state index in [2.05, 4.69) is 9.69 Å². The van der Waals surface area contributed by atoms with Crippen molar-refractivity contribution in [2.75, 3.05) is 5.32 Å². The molecule has 0 unspecified atom stereocenters. The second-order valence-corrected chi connectivity index (χ2v) is 5.55. The summed E-state index contributed by atoms with van der Waals surface area (Å²) in [4.78, 5) is 12.8. The van der Waals surface area contributed by atoms with Gasteiger partial charge < -0.3 is 4.74 Å². The third-order valence-corrected chi connectivity index (χ3v) is 4.05. The van der Waals surface area contributed by atoms with Crippen molar-refractivity contribution in [1.29, 1.82) is 0 Å². The molecule has 106 valence electrons. The predicted octanol–water partition coefficient (Wildman–Crippen LogP) is 4.42. The average Bonchev–Trinajstić information content (AvgIpc) is 2.77. The minimum absolute atomic E-state index is 0.185. The van der Waals surface area contributed by atoms with Crippen LogP contribution in [0.25, 0.3) is 0 Å². The number of nitrogens with zero attached hydrogens (tertiary/aromatic N) is 1. The monoisotopic (exact) mass is 310 g/mol. The van der Waals surface area contributed by atoms with Crippen molar-refractivity contribution in [3.63, 3.8) is 0 Å². The third kappa shape index (κ3) is 3.71. The number of nitrogens with one attached hydrogen (secondary N) is 1. The van der Waals surface area contributed by atoms with Gasteiger partial charge >= 0.3 is 6.09 Å². The Morgan fingerprint density at radius 3 is 3.00 bits per heavy atom. The second kappa shape index (κ2) is 6.72. The fourth-order valence-electron chi connectivity index (χ4n) is 1.73. The van der Waals surface area contributed by atoms with E-state index in [0.29, 0.717) is 5.02 Å². The predicted molar refractivity (Wildman–Crippen MR) is 81.5 cm³/mol. The van der Waals surface area contributed by atoms with Gasteiger partial charge in [-0.3, -0.25) is 5.32 Å². The van der Waals surface area contributed by atoms with Crippen molar-refractivity contribution in [1.82, 2.24) is 4.37 Å². The highest BCUT2D eigenvalue weighted by atomic mass is 35.5. The molecule has 0 aliphatic rings. The number of rotatable bonds is 4. The molecule has 20 heavy (non-hydrogen) atoms. The Kier molecular flexibility index (Phi) is 4.98. The Bertz CT molecular complexity index is 613. The summed E-state index contributed by atoms with van der Waals surface area (Å²) in [5.74, 6) is 0. The SMILES string of the molecule is CCc1snc(C)c1NC(=O)OCc1cccc(Cl)c1. The highest BCUT2D eigenvalue weighted by Crippen LogP contribution is 2.25. The van der Waals surface area contributed by atoms with Gasteiger partial charge in [0.2, 0.25) is 0 Å². The summed E-state index contributed by atoms with van der Waals surface area (Å²) in [6.45, 7) is 4.07. The van der Waals surface area contributed by atoms with E-state index in [9.17, 15) is 4.79 Å². The van der Waals surface area contributed by atoms with Crippen LogP contribution in [0.15, 0.2) is 24.3 Å². The van der Waals surface area contributed by atoms with Crippen LogP contribution in [0.4, 0.5) is 10.5 Å². The van der Waals surface area contributed by atoms with E-state index in [-0.39, 0.29) is 6.61 Å². The van der Waals surface area contributed by atoms with Crippen molar-refractivity contribution >= 4 is 34.9 Å². The fourth-order valence-corrected chi connectivity index (χ4v) is 2.70. The van der Waals surface area contributed by atoms with E-state index in [0.717, 1.165) is 28.2 Å². The third-order valence-electron chi connectivity index (χ3n) is 2.74. The number of ether oxygens (including phenoxy) is 1. The highest BCUT2D eigenvalue weighted by Gasteiger charge is 2.13. The summed E-state index contributed by atoms with van der Waals surface area (Å²) in [7, 11) is 0. The molecule has 0 saturated carbocycles. The van der Waals surface area contributed by atoms with Gasteiger partial charge in [0.1, 0.15) is 6.61 Å². The van der Waals surface area contributed by atoms with Crippen LogP contribution in [0, 0.1) is 6.92 Å². The van der Waals surface area contributed by atoms with Crippen LogP contribution in [0.5, 0.6) is 0 Å². The Hall–Kier alpha value is -1.59. The topological polar surface area (TPSA) is 51.2 Å². The van der Waals surface area contributed by atoms with Crippen LogP contribution < -0.4 is 5.32 Å². The number of aromatic nitrogens is 1. The Morgan fingerprint density at radius 2 is 2.30 bits per heavy atom. The van der Waals surface area contributed by atoms with Crippen LogP contribution in [-0.4, -0.2) is 10.5 Å². The molecule has 0 aliphatic carbocycles. The molecule has 1 aromatic carbocycles. The molecule has 1 N–H and O–H groups in total. The molecule has 4 nitrogen and oxygen atoms in total. The maximum Gasteiger partial charge on any atom is 0.412 e. The molecule has 0 atom stereocenters. The summed E-state index contributed by atoms with van der Waals surface area (Å²) < 4.78 is 9.40. The molecule has 1 amide bonds. The lowest BCUT2D eigenvalue weighted by molar-refractivity contribution is 0.155. The number of carbonyl (C=O) groups excluding carboxylic acids is 1. The van der Waals surface area contributed by atoms with E-state index < -0.39 is 6.09 Å². The number of aryl methyl sites for hydroxylation is 2. The van der Waals surface area contributed by atoms with Gasteiger partial charge in [-0.15, -0.1) is 0 Å². The Labute approximate surface area is 126 Å². The number of amides is 1. The zero-order chi connectivity index (χ0) is 14.5. The van der Waals surface area contributed by atoms with Crippen LogP contribution >= 0.6 is 23.1 Å².